The summed E-state index contributed by atoms with van der Waals surface area (Å²) in [4.78, 5) is 20.1. The smallest absolute Gasteiger partial charge is 0.295 e. The summed E-state index contributed by atoms with van der Waals surface area (Å²) < 4.78 is 0. The van der Waals surface area contributed by atoms with E-state index >= 15 is 0 Å². The molecule has 0 saturated heterocycles. The molecule has 20 heavy (non-hydrogen) atoms. The van der Waals surface area contributed by atoms with Gasteiger partial charge in [0.1, 0.15) is 5.84 Å². The van der Waals surface area contributed by atoms with Crippen molar-refractivity contribution in [2.75, 3.05) is 10.7 Å². The molecule has 0 spiro atoms. The summed E-state index contributed by atoms with van der Waals surface area (Å²) >= 11 is 3.01. The quantitative estimate of drug-likeness (QED) is 0.714. The Balaban J connectivity index is 1.93. The van der Waals surface area contributed by atoms with E-state index in [0.717, 1.165) is 17.2 Å². The fraction of sp³-hybridized carbons (Fsp3) is 0.0667. The van der Waals surface area contributed by atoms with E-state index in [9.17, 15) is 4.79 Å². The number of para-hydroxylation sites is 2. The number of amides is 1. The van der Waals surface area contributed by atoms with Gasteiger partial charge in [-0.1, -0.05) is 47.8 Å². The molecule has 98 valence electrons. The number of carbonyl (C=O) groups is 1. The van der Waals surface area contributed by atoms with Crippen LogP contribution in [0.2, 0.25) is 0 Å². The zero-order valence-corrected chi connectivity index (χ0v) is 12.1. The number of benzene rings is 2. The number of thioether (sulfide) groups is 1. The van der Waals surface area contributed by atoms with Gasteiger partial charge in [0.2, 0.25) is 0 Å². The van der Waals surface area contributed by atoms with Crippen LogP contribution >= 0.6 is 23.5 Å². The van der Waals surface area contributed by atoms with Gasteiger partial charge in [0.05, 0.1) is 17.1 Å². The topological polar surface area (TPSA) is 32.7 Å². The van der Waals surface area contributed by atoms with Crippen LogP contribution in [0.4, 0.5) is 16.2 Å². The minimum Gasteiger partial charge on any atom is -0.295 e. The maximum atomic E-state index is 11.5. The van der Waals surface area contributed by atoms with Gasteiger partial charge in [0, 0.05) is 9.79 Å². The second-order valence-electron chi connectivity index (χ2n) is 4.46. The van der Waals surface area contributed by atoms with Crippen molar-refractivity contribution < 1.29 is 4.79 Å². The zero-order chi connectivity index (χ0) is 13.5. The molecule has 2 aliphatic rings. The molecule has 3 nitrogen and oxygen atoms in total. The number of carbonyl (C=O) groups excluding carboxylic acids is 1. The van der Waals surface area contributed by atoms with Crippen LogP contribution in [0.15, 0.2) is 63.3 Å². The van der Waals surface area contributed by atoms with Crippen molar-refractivity contribution in [3.05, 3.63) is 48.5 Å². The molecule has 0 aromatic heterocycles. The second kappa shape index (κ2) is 4.68. The number of anilines is 2. The van der Waals surface area contributed by atoms with Crippen molar-refractivity contribution in [3.8, 4) is 0 Å². The van der Waals surface area contributed by atoms with E-state index in [2.05, 4.69) is 34.2 Å². The van der Waals surface area contributed by atoms with Gasteiger partial charge in [-0.3, -0.25) is 9.69 Å². The second-order valence-corrected chi connectivity index (χ2v) is 6.47. The molecule has 0 bridgehead atoms. The number of rotatable bonds is 0. The van der Waals surface area contributed by atoms with Gasteiger partial charge in [0.25, 0.3) is 0 Å². The summed E-state index contributed by atoms with van der Waals surface area (Å²) in [6.07, 6.45) is 0. The van der Waals surface area contributed by atoms with E-state index in [0.29, 0.717) is 5.75 Å². The molecule has 5 heteroatoms. The van der Waals surface area contributed by atoms with E-state index in [-0.39, 0.29) is 5.24 Å². The van der Waals surface area contributed by atoms with Gasteiger partial charge >= 0.3 is 5.24 Å². The lowest BCUT2D eigenvalue weighted by Crippen LogP contribution is -2.28. The summed E-state index contributed by atoms with van der Waals surface area (Å²) in [6, 6.07) is 16.5. The molecule has 2 aliphatic heterocycles. The number of amidine groups is 1. The van der Waals surface area contributed by atoms with Crippen LogP contribution in [0.25, 0.3) is 0 Å². The highest BCUT2D eigenvalue weighted by molar-refractivity contribution is 8.14. The van der Waals surface area contributed by atoms with Crippen LogP contribution in [-0.4, -0.2) is 16.8 Å². The van der Waals surface area contributed by atoms with E-state index in [1.165, 1.54) is 21.6 Å². The first-order valence-corrected chi connectivity index (χ1v) is 8.03. The van der Waals surface area contributed by atoms with Gasteiger partial charge in [-0.15, -0.1) is 0 Å². The van der Waals surface area contributed by atoms with Crippen LogP contribution < -0.4 is 4.90 Å². The average molecular weight is 298 g/mol. The minimum atomic E-state index is -0.104. The Kier molecular flexibility index (Phi) is 2.82. The van der Waals surface area contributed by atoms with Crippen molar-refractivity contribution in [1.82, 2.24) is 0 Å². The van der Waals surface area contributed by atoms with Crippen LogP contribution in [-0.2, 0) is 0 Å². The summed E-state index contributed by atoms with van der Waals surface area (Å²) in [7, 11) is 0. The van der Waals surface area contributed by atoms with Crippen molar-refractivity contribution >= 4 is 46.0 Å². The first-order valence-electron chi connectivity index (χ1n) is 6.23. The molecular weight excluding hydrogens is 288 g/mol. The lowest BCUT2D eigenvalue weighted by molar-refractivity contribution is 0.268. The third kappa shape index (κ3) is 1.85. The summed E-state index contributed by atoms with van der Waals surface area (Å²) in [6.45, 7) is 0. The summed E-state index contributed by atoms with van der Waals surface area (Å²) in [5.74, 6) is 1.45. The standard InChI is InChI=1S/C15H10N2OS2/c18-15-16-14(9-19-15)17-10-5-1-3-7-12(10)20-13-8-4-2-6-11(13)17/h1-8H,9H2. The third-order valence-corrected chi connectivity index (χ3v) is 5.11. The molecular formula is C15H10N2OS2. The van der Waals surface area contributed by atoms with E-state index in [1.807, 2.05) is 24.3 Å². The molecule has 0 fully saturated rings. The molecule has 0 atom stereocenters. The van der Waals surface area contributed by atoms with Crippen molar-refractivity contribution in [3.63, 3.8) is 0 Å². The molecule has 2 heterocycles. The number of hydrogen-bond acceptors (Lipinski definition) is 4. The van der Waals surface area contributed by atoms with Crippen LogP contribution in [0, 0.1) is 0 Å². The lowest BCUT2D eigenvalue weighted by Gasteiger charge is -2.32. The maximum absolute atomic E-state index is 11.5. The molecule has 4 rings (SSSR count). The van der Waals surface area contributed by atoms with Gasteiger partial charge in [0.15, 0.2) is 0 Å². The molecule has 2 aromatic carbocycles. The Morgan fingerprint density at radius 2 is 1.55 bits per heavy atom. The highest BCUT2D eigenvalue weighted by atomic mass is 32.2. The lowest BCUT2D eigenvalue weighted by atomic mass is 10.2. The van der Waals surface area contributed by atoms with E-state index in [4.69, 9.17) is 0 Å². The Labute approximate surface area is 125 Å². The van der Waals surface area contributed by atoms with Crippen molar-refractivity contribution in [2.45, 2.75) is 9.79 Å². The predicted molar refractivity (Wildman–Crippen MR) is 84.4 cm³/mol. The molecule has 0 saturated carbocycles. The van der Waals surface area contributed by atoms with E-state index in [1.54, 1.807) is 11.8 Å². The largest absolute Gasteiger partial charge is 0.306 e. The molecule has 0 N–H and O–H groups in total. The molecule has 0 radical (unpaired) electrons. The summed E-state index contributed by atoms with van der Waals surface area (Å²) in [5, 5.41) is -0.104. The fourth-order valence-electron chi connectivity index (χ4n) is 2.39. The number of fused-ring (bicyclic) bond motifs is 2. The number of hydrogen-bond donors (Lipinski definition) is 0. The van der Waals surface area contributed by atoms with Gasteiger partial charge in [-0.25, -0.2) is 0 Å². The van der Waals surface area contributed by atoms with Gasteiger partial charge in [-0.2, -0.15) is 4.99 Å². The molecule has 2 aromatic rings. The number of nitrogens with zero attached hydrogens (tertiary/aromatic N) is 2. The highest BCUT2D eigenvalue weighted by Crippen LogP contribution is 2.48. The first-order chi connectivity index (χ1) is 9.83. The zero-order valence-electron chi connectivity index (χ0n) is 10.4. The minimum absolute atomic E-state index is 0.104. The highest BCUT2D eigenvalue weighted by Gasteiger charge is 2.29. The normalized spacial score (nSPS) is 16.7. The van der Waals surface area contributed by atoms with Gasteiger partial charge in [-0.05, 0) is 24.3 Å². The van der Waals surface area contributed by atoms with Crippen LogP contribution in [0.5, 0.6) is 0 Å². The van der Waals surface area contributed by atoms with Crippen LogP contribution in [0.1, 0.15) is 0 Å². The monoisotopic (exact) mass is 298 g/mol. The first kappa shape index (κ1) is 12.1. The molecule has 0 aliphatic carbocycles. The Morgan fingerprint density at radius 3 is 2.10 bits per heavy atom. The van der Waals surface area contributed by atoms with Crippen molar-refractivity contribution in [2.24, 2.45) is 4.99 Å². The van der Waals surface area contributed by atoms with Crippen LogP contribution in [0.3, 0.4) is 0 Å². The van der Waals surface area contributed by atoms with E-state index < -0.39 is 0 Å². The maximum Gasteiger partial charge on any atom is 0.306 e. The predicted octanol–water partition coefficient (Wildman–Crippen LogP) is 4.55. The Hall–Kier alpha value is -1.72. The fourth-order valence-corrected chi connectivity index (χ4v) is 4.07. The van der Waals surface area contributed by atoms with Gasteiger partial charge < -0.3 is 0 Å². The number of aliphatic imine (C=N–C) groups is 1. The molecule has 1 amide bonds. The molecule has 0 unspecified atom stereocenters. The average Bonchev–Trinajstić information content (AvgIpc) is 2.91. The SMILES string of the molecule is O=C1N=C(N2c3ccccc3Sc3ccccc32)CS1. The Bertz CT molecular complexity index is 697. The van der Waals surface area contributed by atoms with Crippen molar-refractivity contribution in [1.29, 1.82) is 0 Å². The Morgan fingerprint density at radius 1 is 0.950 bits per heavy atom. The summed E-state index contributed by atoms with van der Waals surface area (Å²) in [5.41, 5.74) is 2.20. The third-order valence-electron chi connectivity index (χ3n) is 3.24.